The molecule has 1 aliphatic heterocycles. The smallest absolute Gasteiger partial charge is 0.372 e. The van der Waals surface area contributed by atoms with Crippen LogP contribution in [-0.2, 0) is 26.4 Å². The minimum atomic E-state index is -5.07. The lowest BCUT2D eigenvalue weighted by atomic mass is 9.68. The van der Waals surface area contributed by atoms with Gasteiger partial charge in [0.2, 0.25) is 5.91 Å². The molecule has 0 radical (unpaired) electrons. The van der Waals surface area contributed by atoms with Gasteiger partial charge in [-0.25, -0.2) is 13.2 Å². The third-order valence-corrected chi connectivity index (χ3v) is 5.74. The average Bonchev–Trinajstić information content (AvgIpc) is 2.61. The Kier molecular flexibility index (Phi) is 6.39. The summed E-state index contributed by atoms with van der Waals surface area (Å²) in [7, 11) is 0. The quantitative estimate of drug-likeness (QED) is 0.374. The van der Waals surface area contributed by atoms with Gasteiger partial charge in [0.1, 0.15) is 18.7 Å². The van der Waals surface area contributed by atoms with Crippen molar-refractivity contribution >= 4 is 12.2 Å². The monoisotopic (exact) mass is 452 g/mol. The number of amides is 1. The van der Waals surface area contributed by atoms with E-state index in [1.807, 2.05) is 0 Å². The second-order valence-electron chi connectivity index (χ2n) is 8.36. The van der Waals surface area contributed by atoms with Gasteiger partial charge in [-0.05, 0) is 25.0 Å². The van der Waals surface area contributed by atoms with Crippen molar-refractivity contribution in [3.05, 3.63) is 35.1 Å². The molecule has 1 aromatic carbocycles. The molecule has 2 fully saturated rings. The molecular formula is C20H22F6N2O3. The van der Waals surface area contributed by atoms with Gasteiger partial charge < -0.3 is 20.2 Å². The number of benzene rings is 1. The zero-order valence-corrected chi connectivity index (χ0v) is 16.4. The van der Waals surface area contributed by atoms with E-state index in [1.54, 1.807) is 0 Å². The predicted molar refractivity (Wildman–Crippen MR) is 96.5 cm³/mol. The molecule has 0 atom stereocenters. The number of aldehydes is 1. The molecule has 0 aromatic heterocycles. The van der Waals surface area contributed by atoms with Crippen LogP contribution in [0.3, 0.4) is 0 Å². The van der Waals surface area contributed by atoms with Crippen molar-refractivity contribution in [3.8, 4) is 0 Å². The van der Waals surface area contributed by atoms with E-state index in [0.717, 1.165) is 0 Å². The Bertz CT molecular complexity index is 833. The van der Waals surface area contributed by atoms with Gasteiger partial charge in [-0.1, -0.05) is 6.07 Å². The fraction of sp³-hybridized carbons (Fsp3) is 0.600. The summed E-state index contributed by atoms with van der Waals surface area (Å²) in [5, 5.41) is 0. The lowest BCUT2D eigenvalue weighted by molar-refractivity contribution is -0.151. The summed E-state index contributed by atoms with van der Waals surface area (Å²) in [5.74, 6) is -6.35. The molecule has 0 unspecified atom stereocenters. The highest BCUT2D eigenvalue weighted by Gasteiger charge is 2.49. The predicted octanol–water partition coefficient (Wildman–Crippen LogP) is 3.11. The van der Waals surface area contributed by atoms with Gasteiger partial charge in [-0.15, -0.1) is 0 Å². The molecule has 1 saturated carbocycles. The number of nitrogens with zero attached hydrogens (tertiary/aromatic N) is 1. The van der Waals surface area contributed by atoms with Crippen LogP contribution in [0.15, 0.2) is 18.2 Å². The number of rotatable bonds is 8. The third-order valence-electron chi connectivity index (χ3n) is 5.74. The van der Waals surface area contributed by atoms with Gasteiger partial charge in [0, 0.05) is 42.4 Å². The van der Waals surface area contributed by atoms with E-state index in [0.29, 0.717) is 31.3 Å². The molecule has 31 heavy (non-hydrogen) atoms. The second kappa shape index (κ2) is 8.42. The second-order valence-corrected chi connectivity index (χ2v) is 8.36. The number of carbonyl (C=O) groups is 2. The Balaban J connectivity index is 1.51. The highest BCUT2D eigenvalue weighted by molar-refractivity contribution is 5.81. The molecule has 1 amide bonds. The summed E-state index contributed by atoms with van der Waals surface area (Å²) >= 11 is 0. The van der Waals surface area contributed by atoms with E-state index in [2.05, 4.69) is 0 Å². The normalized spacial score (nSPS) is 24.5. The Morgan fingerprint density at radius 3 is 2.45 bits per heavy atom. The van der Waals surface area contributed by atoms with Crippen LogP contribution in [0.4, 0.5) is 26.3 Å². The van der Waals surface area contributed by atoms with Crippen LogP contribution in [0.2, 0.25) is 0 Å². The van der Waals surface area contributed by atoms with E-state index in [1.165, 1.54) is 4.90 Å². The van der Waals surface area contributed by atoms with Crippen molar-refractivity contribution in [1.82, 2.24) is 4.90 Å². The van der Waals surface area contributed by atoms with Gasteiger partial charge in [0.15, 0.2) is 0 Å². The fourth-order valence-corrected chi connectivity index (χ4v) is 4.11. The van der Waals surface area contributed by atoms with Crippen molar-refractivity contribution in [3.63, 3.8) is 0 Å². The molecule has 11 heteroatoms. The molecule has 2 aliphatic rings. The molecule has 0 bridgehead atoms. The molecule has 1 aliphatic carbocycles. The summed E-state index contributed by atoms with van der Waals surface area (Å²) in [6, 6.07) is 1.17. The van der Waals surface area contributed by atoms with Crippen LogP contribution in [0, 0.1) is 17.7 Å². The maximum Gasteiger partial charge on any atom is 0.419 e. The molecule has 1 saturated heterocycles. The first-order valence-electron chi connectivity index (χ1n) is 9.69. The molecule has 2 N–H and O–H groups in total. The SMILES string of the molecule is NC1(COCC=O)CC(C(=O)N2CC(CC(F)(F)c3ccc(F)c(C(F)(F)F)c3)C2)C1. The topological polar surface area (TPSA) is 72.6 Å². The van der Waals surface area contributed by atoms with Crippen molar-refractivity contribution in [1.29, 1.82) is 0 Å². The van der Waals surface area contributed by atoms with E-state index in [9.17, 15) is 35.9 Å². The summed E-state index contributed by atoms with van der Waals surface area (Å²) < 4.78 is 85.8. The number of likely N-dealkylation sites (tertiary alicyclic amines) is 1. The zero-order chi connectivity index (χ0) is 23.0. The van der Waals surface area contributed by atoms with E-state index >= 15 is 0 Å². The molecule has 3 rings (SSSR count). The van der Waals surface area contributed by atoms with Crippen LogP contribution in [0.5, 0.6) is 0 Å². The number of halogens is 6. The van der Waals surface area contributed by atoms with Crippen LogP contribution in [0.1, 0.15) is 30.4 Å². The van der Waals surface area contributed by atoms with E-state index < -0.39 is 46.9 Å². The number of carbonyl (C=O) groups excluding carboxylic acids is 2. The summed E-state index contributed by atoms with van der Waals surface area (Å²) in [6.07, 6.45) is -4.51. The maximum absolute atomic E-state index is 14.5. The Labute approximate surface area is 174 Å². The first-order chi connectivity index (χ1) is 14.3. The summed E-state index contributed by atoms with van der Waals surface area (Å²) in [4.78, 5) is 24.1. The van der Waals surface area contributed by atoms with Crippen LogP contribution < -0.4 is 5.73 Å². The number of hydrogen-bond donors (Lipinski definition) is 1. The number of alkyl halides is 5. The van der Waals surface area contributed by atoms with Crippen molar-refractivity contribution in [2.75, 3.05) is 26.3 Å². The zero-order valence-electron chi connectivity index (χ0n) is 16.4. The molecule has 1 aromatic rings. The lowest BCUT2D eigenvalue weighted by Gasteiger charge is -2.48. The Morgan fingerprint density at radius 1 is 1.23 bits per heavy atom. The number of hydrogen-bond acceptors (Lipinski definition) is 4. The van der Waals surface area contributed by atoms with Gasteiger partial charge >= 0.3 is 6.18 Å². The number of ether oxygens (including phenoxy) is 1. The van der Waals surface area contributed by atoms with Crippen LogP contribution in [0.25, 0.3) is 0 Å². The molecule has 5 nitrogen and oxygen atoms in total. The molecular weight excluding hydrogens is 430 g/mol. The Hall–Kier alpha value is -2.14. The lowest BCUT2D eigenvalue weighted by Crippen LogP contribution is -2.62. The molecule has 0 spiro atoms. The average molecular weight is 452 g/mol. The van der Waals surface area contributed by atoms with Gasteiger partial charge in [-0.2, -0.15) is 13.2 Å². The standard InChI is InChI=1S/C20H22F6N2O3/c21-16-2-1-14(5-15(16)20(24,25)26)19(22,23)6-12-9-28(10-12)17(30)13-7-18(27,8-13)11-31-4-3-29/h1-3,5,12-13H,4,6-11,27H2. The summed E-state index contributed by atoms with van der Waals surface area (Å²) in [6.45, 7) is 0.189. The van der Waals surface area contributed by atoms with Crippen LogP contribution >= 0.6 is 0 Å². The van der Waals surface area contributed by atoms with Gasteiger partial charge in [0.25, 0.3) is 5.92 Å². The first kappa shape index (κ1) is 23.5. The third kappa shape index (κ3) is 5.20. The highest BCUT2D eigenvalue weighted by Crippen LogP contribution is 2.42. The van der Waals surface area contributed by atoms with E-state index in [-0.39, 0.29) is 44.2 Å². The molecule has 172 valence electrons. The first-order valence-corrected chi connectivity index (χ1v) is 9.69. The van der Waals surface area contributed by atoms with Crippen molar-refractivity contribution < 1.29 is 40.7 Å². The van der Waals surface area contributed by atoms with Crippen LogP contribution in [-0.4, -0.2) is 48.9 Å². The minimum Gasteiger partial charge on any atom is -0.372 e. The maximum atomic E-state index is 14.5. The highest BCUT2D eigenvalue weighted by atomic mass is 19.4. The largest absolute Gasteiger partial charge is 0.419 e. The Morgan fingerprint density at radius 2 is 1.87 bits per heavy atom. The molecule has 1 heterocycles. The summed E-state index contributed by atoms with van der Waals surface area (Å²) in [5.41, 5.74) is 2.70. The van der Waals surface area contributed by atoms with E-state index in [4.69, 9.17) is 10.5 Å². The fourth-order valence-electron chi connectivity index (χ4n) is 4.11. The van der Waals surface area contributed by atoms with Gasteiger partial charge in [0.05, 0.1) is 12.2 Å². The van der Waals surface area contributed by atoms with Gasteiger partial charge in [-0.3, -0.25) is 4.79 Å². The minimum absolute atomic E-state index is 0.0669. The number of nitrogens with two attached hydrogens (primary N) is 1. The van der Waals surface area contributed by atoms with Crippen molar-refractivity contribution in [2.45, 2.75) is 36.9 Å². The van der Waals surface area contributed by atoms with Crippen molar-refractivity contribution in [2.24, 2.45) is 17.6 Å².